The van der Waals surface area contributed by atoms with Crippen LogP contribution < -0.4 is 4.74 Å². The van der Waals surface area contributed by atoms with E-state index in [-0.39, 0.29) is 6.42 Å². The highest BCUT2D eigenvalue weighted by Crippen LogP contribution is 2.37. The first kappa shape index (κ1) is 21.2. The minimum absolute atomic E-state index is 0.0147. The van der Waals surface area contributed by atoms with Gasteiger partial charge in [-0.05, 0) is 36.2 Å². The number of aryl methyl sites for hydroxylation is 1. The quantitative estimate of drug-likeness (QED) is 0.563. The van der Waals surface area contributed by atoms with Crippen LogP contribution >= 0.6 is 0 Å². The summed E-state index contributed by atoms with van der Waals surface area (Å²) in [4.78, 5) is 14.8. The van der Waals surface area contributed by atoms with Gasteiger partial charge in [0.05, 0.1) is 5.69 Å². The summed E-state index contributed by atoms with van der Waals surface area (Å²) >= 11 is 0. The summed E-state index contributed by atoms with van der Waals surface area (Å²) in [6.07, 6.45) is -9.37. The maximum absolute atomic E-state index is 12.9. The van der Waals surface area contributed by atoms with E-state index in [2.05, 4.69) is 14.8 Å². The molecular formula is C19H14F5N3O3. The van der Waals surface area contributed by atoms with Crippen molar-refractivity contribution in [2.75, 3.05) is 0 Å². The van der Waals surface area contributed by atoms with Crippen LogP contribution in [0.3, 0.4) is 0 Å². The Morgan fingerprint density at radius 3 is 2.20 bits per heavy atom. The lowest BCUT2D eigenvalue weighted by molar-refractivity contribution is -0.360. The fourth-order valence-electron chi connectivity index (χ4n) is 2.46. The van der Waals surface area contributed by atoms with Crippen molar-refractivity contribution in [2.24, 2.45) is 0 Å². The number of alkyl halides is 5. The SMILES string of the molecule is O=C(O)CCc1ccc(-c2ncn(-c3ccc(OC(F)(F)C(F)(F)F)cc3)n2)cc1. The molecule has 0 aliphatic rings. The van der Waals surface area contributed by atoms with Crippen molar-refractivity contribution in [1.29, 1.82) is 0 Å². The Kier molecular flexibility index (Phi) is 5.72. The molecule has 3 aromatic rings. The summed E-state index contributed by atoms with van der Waals surface area (Å²) < 4.78 is 67.6. The Labute approximate surface area is 166 Å². The number of nitrogens with zero attached hydrogens (tertiary/aromatic N) is 3. The van der Waals surface area contributed by atoms with E-state index in [0.717, 1.165) is 17.7 Å². The number of carboxylic acids is 1. The largest absolute Gasteiger partial charge is 0.499 e. The van der Waals surface area contributed by atoms with Gasteiger partial charge in [0, 0.05) is 12.0 Å². The van der Waals surface area contributed by atoms with Crippen molar-refractivity contribution in [3.05, 3.63) is 60.4 Å². The lowest BCUT2D eigenvalue weighted by atomic mass is 10.1. The fourth-order valence-corrected chi connectivity index (χ4v) is 2.46. The first-order valence-electron chi connectivity index (χ1n) is 8.52. The smallest absolute Gasteiger partial charge is 0.481 e. The van der Waals surface area contributed by atoms with Crippen LogP contribution in [-0.4, -0.2) is 38.1 Å². The number of hydrogen-bond donors (Lipinski definition) is 1. The van der Waals surface area contributed by atoms with Crippen molar-refractivity contribution in [1.82, 2.24) is 14.8 Å². The highest BCUT2D eigenvalue weighted by molar-refractivity contribution is 5.67. The molecule has 0 aliphatic heterocycles. The van der Waals surface area contributed by atoms with Crippen LogP contribution in [0, 0.1) is 0 Å². The number of ether oxygens (including phenoxy) is 1. The van der Waals surface area contributed by atoms with Gasteiger partial charge in [-0.3, -0.25) is 4.79 Å². The second kappa shape index (κ2) is 8.09. The second-order valence-corrected chi connectivity index (χ2v) is 6.21. The molecule has 0 radical (unpaired) electrons. The molecule has 0 spiro atoms. The van der Waals surface area contributed by atoms with Gasteiger partial charge in [-0.15, -0.1) is 5.10 Å². The van der Waals surface area contributed by atoms with Crippen LogP contribution in [0.25, 0.3) is 17.1 Å². The van der Waals surface area contributed by atoms with Crippen LogP contribution in [0.4, 0.5) is 22.0 Å². The number of aromatic nitrogens is 3. The van der Waals surface area contributed by atoms with Crippen molar-refractivity contribution in [3.63, 3.8) is 0 Å². The molecule has 1 aromatic heterocycles. The molecule has 158 valence electrons. The van der Waals surface area contributed by atoms with Gasteiger partial charge < -0.3 is 9.84 Å². The number of halogens is 5. The molecule has 0 bridgehead atoms. The summed E-state index contributed by atoms with van der Waals surface area (Å²) in [6.45, 7) is 0. The average Bonchev–Trinajstić information content (AvgIpc) is 3.16. The van der Waals surface area contributed by atoms with Crippen LogP contribution in [-0.2, 0) is 11.2 Å². The molecule has 1 heterocycles. The summed E-state index contributed by atoms with van der Waals surface area (Å²) in [5.74, 6) is -1.19. The van der Waals surface area contributed by atoms with E-state index in [0.29, 0.717) is 23.5 Å². The van der Waals surface area contributed by atoms with E-state index in [9.17, 15) is 26.7 Å². The van der Waals surface area contributed by atoms with E-state index in [1.165, 1.54) is 23.1 Å². The Morgan fingerprint density at radius 1 is 1.00 bits per heavy atom. The normalized spacial score (nSPS) is 12.0. The highest BCUT2D eigenvalue weighted by Gasteiger charge is 2.61. The van der Waals surface area contributed by atoms with Gasteiger partial charge in [0.1, 0.15) is 12.1 Å². The third-order valence-electron chi connectivity index (χ3n) is 4.01. The molecule has 0 unspecified atom stereocenters. The molecule has 30 heavy (non-hydrogen) atoms. The number of hydrogen-bond acceptors (Lipinski definition) is 4. The van der Waals surface area contributed by atoms with Crippen molar-refractivity contribution >= 4 is 5.97 Å². The van der Waals surface area contributed by atoms with E-state index in [4.69, 9.17) is 5.11 Å². The first-order valence-corrected chi connectivity index (χ1v) is 8.52. The zero-order valence-corrected chi connectivity index (χ0v) is 15.1. The van der Waals surface area contributed by atoms with E-state index in [1.54, 1.807) is 24.3 Å². The minimum atomic E-state index is -5.82. The van der Waals surface area contributed by atoms with Crippen molar-refractivity contribution < 1.29 is 36.6 Å². The summed E-state index contributed by atoms with van der Waals surface area (Å²) in [6, 6.07) is 11.4. The molecule has 3 rings (SSSR count). The van der Waals surface area contributed by atoms with Gasteiger partial charge >= 0.3 is 18.3 Å². The lowest BCUT2D eigenvalue weighted by Gasteiger charge is -2.20. The standard InChI is InChI=1S/C19H14F5N3O3/c20-18(21,22)19(23,24)30-15-8-6-14(7-9-15)27-11-25-17(26-27)13-4-1-12(2-5-13)3-10-16(28)29/h1-2,4-9,11H,3,10H2,(H,28,29). The predicted octanol–water partition coefficient (Wildman–Crippen LogP) is 4.49. The fraction of sp³-hybridized carbons (Fsp3) is 0.211. The molecule has 0 amide bonds. The third-order valence-corrected chi connectivity index (χ3v) is 4.01. The summed E-state index contributed by atoms with van der Waals surface area (Å²) in [5.41, 5.74) is 1.87. The molecule has 6 nitrogen and oxygen atoms in total. The lowest BCUT2D eigenvalue weighted by Crippen LogP contribution is -2.41. The predicted molar refractivity (Wildman–Crippen MR) is 94.4 cm³/mol. The van der Waals surface area contributed by atoms with E-state index in [1.807, 2.05) is 0 Å². The summed E-state index contributed by atoms with van der Waals surface area (Å²) in [7, 11) is 0. The van der Waals surface area contributed by atoms with E-state index < -0.39 is 24.0 Å². The van der Waals surface area contributed by atoms with Crippen LogP contribution in [0.1, 0.15) is 12.0 Å². The Hall–Kier alpha value is -3.50. The van der Waals surface area contributed by atoms with Crippen LogP contribution in [0.2, 0.25) is 0 Å². The van der Waals surface area contributed by atoms with Crippen molar-refractivity contribution in [2.45, 2.75) is 25.1 Å². The van der Waals surface area contributed by atoms with Crippen LogP contribution in [0.15, 0.2) is 54.9 Å². The molecule has 1 N–H and O–H groups in total. The van der Waals surface area contributed by atoms with Gasteiger partial charge in [0.25, 0.3) is 0 Å². The molecule has 0 saturated heterocycles. The number of aliphatic carboxylic acids is 1. The molecule has 2 aromatic carbocycles. The van der Waals surface area contributed by atoms with Gasteiger partial charge in [-0.2, -0.15) is 22.0 Å². The molecule has 11 heteroatoms. The van der Waals surface area contributed by atoms with Gasteiger partial charge in [-0.25, -0.2) is 9.67 Å². The van der Waals surface area contributed by atoms with E-state index >= 15 is 0 Å². The Bertz CT molecular complexity index is 1020. The average molecular weight is 427 g/mol. The Balaban J connectivity index is 1.71. The maximum atomic E-state index is 12.9. The van der Waals surface area contributed by atoms with Crippen LogP contribution in [0.5, 0.6) is 5.75 Å². The van der Waals surface area contributed by atoms with Crippen molar-refractivity contribution in [3.8, 4) is 22.8 Å². The van der Waals surface area contributed by atoms with Gasteiger partial charge in [0.2, 0.25) is 0 Å². The second-order valence-electron chi connectivity index (χ2n) is 6.21. The van der Waals surface area contributed by atoms with Gasteiger partial charge in [-0.1, -0.05) is 24.3 Å². The number of rotatable bonds is 7. The zero-order chi connectivity index (χ0) is 21.9. The summed E-state index contributed by atoms with van der Waals surface area (Å²) in [5, 5.41) is 12.9. The third kappa shape index (κ3) is 4.91. The molecular weight excluding hydrogens is 413 g/mol. The maximum Gasteiger partial charge on any atom is 0.499 e. The topological polar surface area (TPSA) is 77.2 Å². The highest BCUT2D eigenvalue weighted by atomic mass is 19.4. The number of carboxylic acid groups (broad SMARTS) is 1. The first-order chi connectivity index (χ1) is 14.0. The molecule has 0 aliphatic carbocycles. The molecule has 0 fully saturated rings. The molecule has 0 saturated carbocycles. The number of carbonyl (C=O) groups is 1. The van der Waals surface area contributed by atoms with Gasteiger partial charge in [0.15, 0.2) is 5.82 Å². The number of benzene rings is 2. The Morgan fingerprint density at radius 2 is 1.63 bits per heavy atom. The minimum Gasteiger partial charge on any atom is -0.481 e. The molecule has 0 atom stereocenters. The zero-order valence-electron chi connectivity index (χ0n) is 15.1. The monoisotopic (exact) mass is 427 g/mol.